The van der Waals surface area contributed by atoms with E-state index in [1.807, 2.05) is 0 Å². The number of carbonyl (C=O) groups excluding carboxylic acids is 3. The molecule has 4 unspecified atom stereocenters. The molecule has 11 nitrogen and oxygen atoms in total. The van der Waals surface area contributed by atoms with E-state index >= 15 is 0 Å². The highest BCUT2D eigenvalue weighted by Crippen LogP contribution is 2.18. The van der Waals surface area contributed by atoms with Crippen LogP contribution in [0.25, 0.3) is 0 Å². The first-order chi connectivity index (χ1) is 14.3. The van der Waals surface area contributed by atoms with Gasteiger partial charge >= 0.3 is 5.97 Å². The Morgan fingerprint density at radius 2 is 1.90 bits per heavy atom. The second kappa shape index (κ2) is 11.2. The van der Waals surface area contributed by atoms with Gasteiger partial charge in [0.25, 0.3) is 0 Å². The zero-order valence-corrected chi connectivity index (χ0v) is 17.9. The van der Waals surface area contributed by atoms with E-state index in [4.69, 9.17) is 5.73 Å². The SMILES string of the molecule is NC(Cc1cnc[nH]1)C(=O)NC(CS)C(=O)NC(CS)C(=O)N1CCCC1C(=O)O. The van der Waals surface area contributed by atoms with Gasteiger partial charge in [-0.2, -0.15) is 25.3 Å². The lowest BCUT2D eigenvalue weighted by molar-refractivity contribution is -0.149. The number of carboxylic acid groups (broad SMARTS) is 1. The molecule has 0 radical (unpaired) electrons. The Balaban J connectivity index is 1.95. The number of H-pyrrole nitrogens is 1. The molecule has 6 N–H and O–H groups in total. The van der Waals surface area contributed by atoms with Crippen LogP contribution in [0.1, 0.15) is 18.5 Å². The third-order valence-electron chi connectivity index (χ3n) is 4.77. The predicted molar refractivity (Wildman–Crippen MR) is 114 cm³/mol. The molecule has 0 aromatic carbocycles. The van der Waals surface area contributed by atoms with Gasteiger partial charge < -0.3 is 31.4 Å². The van der Waals surface area contributed by atoms with Gasteiger partial charge in [0.1, 0.15) is 18.1 Å². The smallest absolute Gasteiger partial charge is 0.326 e. The van der Waals surface area contributed by atoms with Crippen LogP contribution in [0.4, 0.5) is 0 Å². The summed E-state index contributed by atoms with van der Waals surface area (Å²) in [5, 5.41) is 14.3. The minimum Gasteiger partial charge on any atom is -0.480 e. The van der Waals surface area contributed by atoms with Gasteiger partial charge in [0.2, 0.25) is 17.7 Å². The van der Waals surface area contributed by atoms with Gasteiger partial charge in [-0.15, -0.1) is 0 Å². The molecule has 13 heteroatoms. The molecule has 1 aromatic rings. The Hall–Kier alpha value is -2.25. The van der Waals surface area contributed by atoms with E-state index in [0.717, 1.165) is 0 Å². The number of carbonyl (C=O) groups is 4. The van der Waals surface area contributed by atoms with Crippen LogP contribution < -0.4 is 16.4 Å². The van der Waals surface area contributed by atoms with Crippen LogP contribution in [0.15, 0.2) is 12.5 Å². The van der Waals surface area contributed by atoms with Gasteiger partial charge in [-0.25, -0.2) is 9.78 Å². The molecule has 1 aliphatic heterocycles. The minimum atomic E-state index is -1.09. The Morgan fingerprint density at radius 1 is 1.23 bits per heavy atom. The zero-order chi connectivity index (χ0) is 22.3. The average molecular weight is 459 g/mol. The largest absolute Gasteiger partial charge is 0.480 e. The second-order valence-electron chi connectivity index (χ2n) is 6.90. The Morgan fingerprint density at radius 3 is 2.47 bits per heavy atom. The molecular weight excluding hydrogens is 432 g/mol. The van der Waals surface area contributed by atoms with E-state index in [-0.39, 0.29) is 17.9 Å². The quantitative estimate of drug-likeness (QED) is 0.202. The fraction of sp³-hybridized carbons (Fsp3) is 0.588. The first-order valence-electron chi connectivity index (χ1n) is 9.37. The van der Waals surface area contributed by atoms with E-state index in [2.05, 4.69) is 45.9 Å². The van der Waals surface area contributed by atoms with Crippen molar-refractivity contribution in [3.05, 3.63) is 18.2 Å². The van der Waals surface area contributed by atoms with Crippen molar-refractivity contribution in [2.75, 3.05) is 18.1 Å². The standard InChI is InChI=1S/C17H26N6O5S2/c18-10(4-9-5-19-8-20-9)14(24)21-11(6-29)15(25)22-12(7-30)16(26)23-3-1-2-13(23)17(27)28/h5,8,10-13,29-30H,1-4,6-7,18H2,(H,19,20)(H,21,24)(H,22,25)(H,27,28). The molecule has 1 aromatic heterocycles. The summed E-state index contributed by atoms with van der Waals surface area (Å²) in [6.07, 6.45) is 4.14. The molecular formula is C17H26N6O5S2. The molecule has 3 amide bonds. The number of rotatable bonds is 10. The van der Waals surface area contributed by atoms with Gasteiger partial charge in [-0.05, 0) is 12.8 Å². The summed E-state index contributed by atoms with van der Waals surface area (Å²) in [4.78, 5) is 56.9. The van der Waals surface area contributed by atoms with E-state index in [1.54, 1.807) is 6.20 Å². The van der Waals surface area contributed by atoms with Crippen molar-refractivity contribution in [1.29, 1.82) is 0 Å². The van der Waals surface area contributed by atoms with Crippen LogP contribution >= 0.6 is 25.3 Å². The maximum absolute atomic E-state index is 12.7. The summed E-state index contributed by atoms with van der Waals surface area (Å²) in [5.41, 5.74) is 6.54. The molecule has 1 saturated heterocycles. The molecule has 0 bridgehead atoms. The number of nitrogens with one attached hydrogen (secondary N) is 3. The van der Waals surface area contributed by atoms with Crippen molar-refractivity contribution in [3.8, 4) is 0 Å². The zero-order valence-electron chi connectivity index (χ0n) is 16.2. The maximum atomic E-state index is 12.7. The number of hydrogen-bond acceptors (Lipinski definition) is 8. The van der Waals surface area contributed by atoms with Crippen molar-refractivity contribution in [3.63, 3.8) is 0 Å². The number of nitrogens with two attached hydrogens (primary N) is 1. The van der Waals surface area contributed by atoms with Gasteiger partial charge in [-0.3, -0.25) is 14.4 Å². The number of aromatic amines is 1. The van der Waals surface area contributed by atoms with Gasteiger partial charge in [-0.1, -0.05) is 0 Å². The molecule has 166 valence electrons. The predicted octanol–water partition coefficient (Wildman–Crippen LogP) is -1.82. The number of hydrogen-bond donors (Lipinski definition) is 7. The molecule has 2 rings (SSSR count). The molecule has 4 atom stereocenters. The number of carboxylic acids is 1. The average Bonchev–Trinajstić information content (AvgIpc) is 3.41. The van der Waals surface area contributed by atoms with Crippen LogP contribution in [-0.2, 0) is 25.6 Å². The van der Waals surface area contributed by atoms with E-state index in [9.17, 15) is 24.3 Å². The lowest BCUT2D eigenvalue weighted by Crippen LogP contribution is -2.58. The van der Waals surface area contributed by atoms with Crippen molar-refractivity contribution in [2.45, 2.75) is 43.4 Å². The number of nitrogens with zero attached hydrogens (tertiary/aromatic N) is 2. The van der Waals surface area contributed by atoms with Crippen LogP contribution in [0.5, 0.6) is 0 Å². The van der Waals surface area contributed by atoms with Crippen molar-refractivity contribution in [2.24, 2.45) is 5.73 Å². The molecule has 0 saturated carbocycles. The summed E-state index contributed by atoms with van der Waals surface area (Å²) in [6.45, 7) is 0.297. The van der Waals surface area contributed by atoms with Crippen molar-refractivity contribution < 1.29 is 24.3 Å². The van der Waals surface area contributed by atoms with Gasteiger partial charge in [0.15, 0.2) is 0 Å². The maximum Gasteiger partial charge on any atom is 0.326 e. The Labute approximate surface area is 184 Å². The topological polar surface area (TPSA) is 171 Å². The van der Waals surface area contributed by atoms with Crippen molar-refractivity contribution in [1.82, 2.24) is 25.5 Å². The molecule has 1 aliphatic rings. The highest BCUT2D eigenvalue weighted by Gasteiger charge is 2.37. The fourth-order valence-electron chi connectivity index (χ4n) is 3.14. The summed E-state index contributed by atoms with van der Waals surface area (Å²) in [5.74, 6) is -2.85. The lowest BCUT2D eigenvalue weighted by atomic mass is 10.1. The van der Waals surface area contributed by atoms with Crippen LogP contribution in [-0.4, -0.2) is 85.9 Å². The molecule has 2 heterocycles. The molecule has 30 heavy (non-hydrogen) atoms. The first-order valence-corrected chi connectivity index (χ1v) is 10.6. The second-order valence-corrected chi connectivity index (χ2v) is 7.63. The summed E-state index contributed by atoms with van der Waals surface area (Å²) >= 11 is 8.20. The number of likely N-dealkylation sites (tertiary alicyclic amines) is 1. The van der Waals surface area contributed by atoms with Crippen LogP contribution in [0.3, 0.4) is 0 Å². The minimum absolute atomic E-state index is 0.0245. The third-order valence-corrected chi connectivity index (χ3v) is 5.50. The number of thiol groups is 2. The van der Waals surface area contributed by atoms with Crippen molar-refractivity contribution >= 4 is 48.9 Å². The van der Waals surface area contributed by atoms with Crippen LogP contribution in [0, 0.1) is 0 Å². The van der Waals surface area contributed by atoms with Gasteiger partial charge in [0.05, 0.1) is 12.4 Å². The lowest BCUT2D eigenvalue weighted by Gasteiger charge is -2.27. The van der Waals surface area contributed by atoms with Gasteiger partial charge in [0, 0.05) is 36.4 Å². The number of aromatic nitrogens is 2. The van der Waals surface area contributed by atoms with E-state index in [1.165, 1.54) is 11.2 Å². The fourth-order valence-corrected chi connectivity index (χ4v) is 3.65. The molecule has 0 aliphatic carbocycles. The molecule has 1 fully saturated rings. The van der Waals surface area contributed by atoms with E-state index in [0.29, 0.717) is 25.1 Å². The number of aliphatic carboxylic acids is 1. The first kappa shape index (κ1) is 24.0. The number of amides is 3. The third kappa shape index (κ3) is 6.12. The van der Waals surface area contributed by atoms with Crippen LogP contribution in [0.2, 0.25) is 0 Å². The Kier molecular flexibility index (Phi) is 8.99. The van der Waals surface area contributed by atoms with E-state index < -0.39 is 47.9 Å². The molecule has 0 spiro atoms. The highest BCUT2D eigenvalue weighted by molar-refractivity contribution is 7.80. The summed E-state index contributed by atoms with van der Waals surface area (Å²) in [7, 11) is 0. The normalized spacial score (nSPS) is 19.0. The summed E-state index contributed by atoms with van der Waals surface area (Å²) in [6, 6.07) is -3.89. The monoisotopic (exact) mass is 458 g/mol. The summed E-state index contributed by atoms with van der Waals surface area (Å²) < 4.78 is 0. The number of imidazole rings is 1. The highest BCUT2D eigenvalue weighted by atomic mass is 32.1. The Bertz CT molecular complexity index is 762.